The summed E-state index contributed by atoms with van der Waals surface area (Å²) in [6.07, 6.45) is 2.61. The van der Waals surface area contributed by atoms with Gasteiger partial charge in [0.25, 0.3) is 0 Å². The number of hydrogen-bond donors (Lipinski definition) is 1. The van der Waals surface area contributed by atoms with Crippen molar-refractivity contribution in [3.05, 3.63) is 35.9 Å². The molecule has 0 spiro atoms. The van der Waals surface area contributed by atoms with Crippen molar-refractivity contribution in [2.75, 3.05) is 33.3 Å². The smallest absolute Gasteiger partial charge is 0.223 e. The summed E-state index contributed by atoms with van der Waals surface area (Å²) < 4.78 is 0. The zero-order valence-electron chi connectivity index (χ0n) is 17.8. The maximum absolute atomic E-state index is 12.8. The molecule has 1 fully saturated rings. The molecule has 1 N–H and O–H groups in total. The minimum Gasteiger partial charge on any atom is -0.394 e. The molecule has 0 aliphatic carbocycles. The highest BCUT2D eigenvalue weighted by molar-refractivity contribution is 5.77. The Morgan fingerprint density at radius 3 is 2.48 bits per heavy atom. The monoisotopic (exact) mass is 374 g/mol. The van der Waals surface area contributed by atoms with Gasteiger partial charge < -0.3 is 14.9 Å². The van der Waals surface area contributed by atoms with E-state index in [0.717, 1.165) is 32.5 Å². The van der Waals surface area contributed by atoms with Gasteiger partial charge in [-0.05, 0) is 36.3 Å². The molecule has 0 saturated carbocycles. The standard InChI is InChI=1S/C23H38N2O2/c1-6-19-15-25(22(27)14-23(2,3)4)21(17-26)20(19)16-24(5)13-12-18-10-8-7-9-11-18/h7-11,19-21,26H,6,12-17H2,1-5H3/t19-,20-,21-/m1/s1. The average Bonchev–Trinajstić information content (AvgIpc) is 2.97. The first-order chi connectivity index (χ1) is 12.7. The molecule has 1 aromatic carbocycles. The minimum absolute atomic E-state index is 0.0244. The zero-order valence-corrected chi connectivity index (χ0v) is 17.8. The molecule has 1 aromatic rings. The van der Waals surface area contributed by atoms with Gasteiger partial charge in [0.05, 0.1) is 12.6 Å². The molecule has 152 valence electrons. The van der Waals surface area contributed by atoms with E-state index in [0.29, 0.717) is 18.3 Å². The number of nitrogens with zero attached hydrogens (tertiary/aromatic N) is 2. The predicted molar refractivity (Wildman–Crippen MR) is 112 cm³/mol. The molecule has 1 aliphatic heterocycles. The number of rotatable bonds is 8. The lowest BCUT2D eigenvalue weighted by molar-refractivity contribution is -0.135. The number of hydrogen-bond acceptors (Lipinski definition) is 3. The lowest BCUT2D eigenvalue weighted by Crippen LogP contribution is -2.44. The van der Waals surface area contributed by atoms with Crippen LogP contribution in [-0.2, 0) is 11.2 Å². The normalized spacial score (nSPS) is 23.2. The van der Waals surface area contributed by atoms with Crippen LogP contribution in [0.3, 0.4) is 0 Å². The molecular weight excluding hydrogens is 336 g/mol. The second-order valence-corrected chi connectivity index (χ2v) is 9.36. The molecule has 0 aromatic heterocycles. The second kappa shape index (κ2) is 9.70. The highest BCUT2D eigenvalue weighted by atomic mass is 16.3. The van der Waals surface area contributed by atoms with Crippen molar-refractivity contribution in [3.63, 3.8) is 0 Å². The molecule has 27 heavy (non-hydrogen) atoms. The summed E-state index contributed by atoms with van der Waals surface area (Å²) in [5, 5.41) is 10.1. The summed E-state index contributed by atoms with van der Waals surface area (Å²) in [7, 11) is 2.16. The fraction of sp³-hybridized carbons (Fsp3) is 0.696. The van der Waals surface area contributed by atoms with Crippen molar-refractivity contribution in [3.8, 4) is 0 Å². The molecule has 0 radical (unpaired) electrons. The van der Waals surface area contributed by atoms with E-state index in [1.54, 1.807) is 0 Å². The van der Waals surface area contributed by atoms with Crippen LogP contribution in [0.5, 0.6) is 0 Å². The van der Waals surface area contributed by atoms with Gasteiger partial charge in [0.2, 0.25) is 5.91 Å². The number of likely N-dealkylation sites (N-methyl/N-ethyl adjacent to an activating group) is 1. The Labute approximate surface area is 165 Å². The van der Waals surface area contributed by atoms with Crippen LogP contribution >= 0.6 is 0 Å². The molecule has 1 saturated heterocycles. The average molecular weight is 375 g/mol. The largest absolute Gasteiger partial charge is 0.394 e. The van der Waals surface area contributed by atoms with Gasteiger partial charge in [-0.3, -0.25) is 4.79 Å². The SMILES string of the molecule is CC[C@@H]1CN(C(=O)CC(C)(C)C)[C@H](CO)[C@@H]1CN(C)CCc1ccccc1. The summed E-state index contributed by atoms with van der Waals surface area (Å²) in [6, 6.07) is 10.5. The van der Waals surface area contributed by atoms with Crippen LogP contribution in [0.1, 0.15) is 46.1 Å². The molecule has 3 atom stereocenters. The predicted octanol–water partition coefficient (Wildman–Crippen LogP) is 3.44. The van der Waals surface area contributed by atoms with Gasteiger partial charge in [-0.1, -0.05) is 64.4 Å². The number of amides is 1. The molecule has 0 unspecified atom stereocenters. The molecule has 1 heterocycles. The number of carbonyl (C=O) groups is 1. The molecule has 1 amide bonds. The highest BCUT2D eigenvalue weighted by Gasteiger charge is 2.43. The Hall–Kier alpha value is -1.39. The van der Waals surface area contributed by atoms with Gasteiger partial charge >= 0.3 is 0 Å². The third kappa shape index (κ3) is 6.32. The van der Waals surface area contributed by atoms with E-state index in [4.69, 9.17) is 0 Å². The first-order valence-electron chi connectivity index (χ1n) is 10.4. The first-order valence-corrected chi connectivity index (χ1v) is 10.4. The molecule has 1 aliphatic rings. The van der Waals surface area contributed by atoms with Crippen molar-refractivity contribution in [2.24, 2.45) is 17.3 Å². The van der Waals surface area contributed by atoms with Gasteiger partial charge in [-0.25, -0.2) is 0 Å². The fourth-order valence-electron chi connectivity index (χ4n) is 4.26. The van der Waals surface area contributed by atoms with Crippen LogP contribution in [0.4, 0.5) is 0 Å². The third-order valence-corrected chi connectivity index (χ3v) is 5.79. The lowest BCUT2D eigenvalue weighted by Gasteiger charge is -2.31. The Morgan fingerprint density at radius 2 is 1.93 bits per heavy atom. The highest BCUT2D eigenvalue weighted by Crippen LogP contribution is 2.34. The van der Waals surface area contributed by atoms with Crippen molar-refractivity contribution in [1.29, 1.82) is 0 Å². The van der Waals surface area contributed by atoms with E-state index in [1.807, 2.05) is 11.0 Å². The van der Waals surface area contributed by atoms with Crippen LogP contribution in [0.15, 0.2) is 30.3 Å². The second-order valence-electron chi connectivity index (χ2n) is 9.36. The van der Waals surface area contributed by atoms with Gasteiger partial charge in [0, 0.05) is 26.1 Å². The molecular formula is C23H38N2O2. The number of carbonyl (C=O) groups excluding carboxylic acids is 1. The molecule has 4 heteroatoms. The molecule has 0 bridgehead atoms. The Bertz CT molecular complexity index is 582. The van der Waals surface area contributed by atoms with Crippen molar-refractivity contribution in [2.45, 2.75) is 53.0 Å². The summed E-state index contributed by atoms with van der Waals surface area (Å²) in [4.78, 5) is 17.2. The summed E-state index contributed by atoms with van der Waals surface area (Å²) >= 11 is 0. The van der Waals surface area contributed by atoms with Crippen LogP contribution in [0, 0.1) is 17.3 Å². The summed E-state index contributed by atoms with van der Waals surface area (Å²) in [5.74, 6) is 0.990. The number of aliphatic hydroxyl groups is 1. The topological polar surface area (TPSA) is 43.8 Å². The van der Waals surface area contributed by atoms with Crippen LogP contribution in [0.2, 0.25) is 0 Å². The first kappa shape index (κ1) is 21.9. The lowest BCUT2D eigenvalue weighted by atomic mass is 9.88. The van der Waals surface area contributed by atoms with E-state index in [-0.39, 0.29) is 24.0 Å². The maximum atomic E-state index is 12.8. The van der Waals surface area contributed by atoms with Crippen LogP contribution in [0.25, 0.3) is 0 Å². The van der Waals surface area contributed by atoms with E-state index < -0.39 is 0 Å². The minimum atomic E-state index is -0.0519. The zero-order chi connectivity index (χ0) is 20.0. The Kier molecular flexibility index (Phi) is 7.87. The third-order valence-electron chi connectivity index (χ3n) is 5.79. The van der Waals surface area contributed by atoms with Crippen molar-refractivity contribution in [1.82, 2.24) is 9.80 Å². The van der Waals surface area contributed by atoms with Gasteiger partial charge in [0.15, 0.2) is 0 Å². The van der Waals surface area contributed by atoms with E-state index in [9.17, 15) is 9.90 Å². The number of aliphatic hydroxyl groups excluding tert-OH is 1. The number of likely N-dealkylation sites (tertiary alicyclic amines) is 1. The summed E-state index contributed by atoms with van der Waals surface area (Å²) in [6.45, 7) is 11.3. The van der Waals surface area contributed by atoms with Crippen molar-refractivity contribution >= 4 is 5.91 Å². The van der Waals surface area contributed by atoms with Crippen molar-refractivity contribution < 1.29 is 9.90 Å². The molecule has 2 rings (SSSR count). The summed E-state index contributed by atoms with van der Waals surface area (Å²) in [5.41, 5.74) is 1.33. The van der Waals surface area contributed by atoms with Gasteiger partial charge in [0.1, 0.15) is 0 Å². The Morgan fingerprint density at radius 1 is 1.26 bits per heavy atom. The quantitative estimate of drug-likeness (QED) is 0.758. The molecule has 4 nitrogen and oxygen atoms in total. The van der Waals surface area contributed by atoms with Crippen LogP contribution < -0.4 is 0 Å². The van der Waals surface area contributed by atoms with E-state index >= 15 is 0 Å². The van der Waals surface area contributed by atoms with E-state index in [1.165, 1.54) is 5.56 Å². The van der Waals surface area contributed by atoms with Gasteiger partial charge in [-0.15, -0.1) is 0 Å². The van der Waals surface area contributed by atoms with E-state index in [2.05, 4.69) is 63.9 Å². The van der Waals surface area contributed by atoms with Gasteiger partial charge in [-0.2, -0.15) is 0 Å². The number of benzene rings is 1. The fourth-order valence-corrected chi connectivity index (χ4v) is 4.26. The van der Waals surface area contributed by atoms with Crippen LogP contribution in [-0.4, -0.2) is 60.1 Å². The maximum Gasteiger partial charge on any atom is 0.223 e. The Balaban J connectivity index is 1.99.